The Morgan fingerprint density at radius 3 is 2.35 bits per heavy atom. The predicted molar refractivity (Wildman–Crippen MR) is 64.8 cm³/mol. The summed E-state index contributed by atoms with van der Waals surface area (Å²) in [6, 6.07) is 0.242. The third-order valence-electron chi connectivity index (χ3n) is 3.38. The maximum atomic E-state index is 9.54. The summed E-state index contributed by atoms with van der Waals surface area (Å²) in [6.07, 6.45) is 1.78. The van der Waals surface area contributed by atoms with Crippen LogP contribution in [0.1, 0.15) is 39.7 Å². The van der Waals surface area contributed by atoms with Crippen molar-refractivity contribution < 1.29 is 5.11 Å². The van der Waals surface area contributed by atoms with Gasteiger partial charge in [-0.2, -0.15) is 4.80 Å². The number of aliphatic hydroxyl groups excluding tert-OH is 1. The highest BCUT2D eigenvalue weighted by molar-refractivity contribution is 5.26. The summed E-state index contributed by atoms with van der Waals surface area (Å²) in [4.78, 5) is 3.78. The van der Waals surface area contributed by atoms with Crippen molar-refractivity contribution in [3.63, 3.8) is 0 Å². The number of aliphatic hydroxyl groups is 1. The van der Waals surface area contributed by atoms with Gasteiger partial charge in [-0.15, -0.1) is 5.10 Å². The molecule has 1 atom stereocenters. The molecule has 0 bridgehead atoms. The summed E-state index contributed by atoms with van der Waals surface area (Å²) in [6.45, 7) is 7.74. The molecular formula is C11H21N5O. The van der Waals surface area contributed by atoms with Crippen LogP contribution in [0.5, 0.6) is 0 Å². The molecule has 0 aliphatic carbocycles. The predicted octanol–water partition coefficient (Wildman–Crippen LogP) is 0.851. The van der Waals surface area contributed by atoms with Crippen LogP contribution in [0.4, 0.5) is 5.95 Å². The smallest absolute Gasteiger partial charge is 0.266 e. The Kier molecular flexibility index (Phi) is 3.61. The second-order valence-electron chi connectivity index (χ2n) is 5.07. The molecule has 2 heterocycles. The zero-order chi connectivity index (χ0) is 12.4. The van der Waals surface area contributed by atoms with Gasteiger partial charge in [0.25, 0.3) is 5.95 Å². The molecule has 1 aliphatic rings. The minimum atomic E-state index is -0.212. The SMILES string of the molecule is CC(C)n1nnc(N2CCC([C@@H](C)O)CC2)n1. The number of hydrogen-bond acceptors (Lipinski definition) is 5. The molecule has 0 radical (unpaired) electrons. The molecule has 2 rings (SSSR count). The van der Waals surface area contributed by atoms with Gasteiger partial charge >= 0.3 is 0 Å². The van der Waals surface area contributed by atoms with E-state index in [0.29, 0.717) is 11.9 Å². The standard InChI is InChI=1S/C11H21N5O/c1-8(2)16-13-11(12-14-16)15-6-4-10(5-7-15)9(3)17/h8-10,17H,4-7H2,1-3H3/t9-/m1/s1. The topological polar surface area (TPSA) is 67.1 Å². The first-order chi connectivity index (χ1) is 8.08. The van der Waals surface area contributed by atoms with E-state index in [2.05, 4.69) is 20.3 Å². The van der Waals surface area contributed by atoms with Crippen molar-refractivity contribution in [1.82, 2.24) is 20.2 Å². The molecule has 1 saturated heterocycles. The Morgan fingerprint density at radius 1 is 1.24 bits per heavy atom. The lowest BCUT2D eigenvalue weighted by Crippen LogP contribution is -2.37. The van der Waals surface area contributed by atoms with Gasteiger partial charge in [0.1, 0.15) is 0 Å². The van der Waals surface area contributed by atoms with Crippen LogP contribution in [0, 0.1) is 5.92 Å². The van der Waals surface area contributed by atoms with Crippen LogP contribution in [-0.4, -0.2) is 44.5 Å². The first-order valence-corrected chi connectivity index (χ1v) is 6.30. The van der Waals surface area contributed by atoms with Gasteiger partial charge in [0.05, 0.1) is 12.1 Å². The summed E-state index contributed by atoms with van der Waals surface area (Å²) in [5, 5.41) is 22.0. The van der Waals surface area contributed by atoms with Crippen LogP contribution >= 0.6 is 0 Å². The first kappa shape index (κ1) is 12.3. The zero-order valence-corrected chi connectivity index (χ0v) is 10.7. The van der Waals surface area contributed by atoms with Crippen molar-refractivity contribution in [1.29, 1.82) is 0 Å². The molecule has 6 nitrogen and oxygen atoms in total. The largest absolute Gasteiger partial charge is 0.393 e. The van der Waals surface area contributed by atoms with Crippen LogP contribution in [0.3, 0.4) is 0 Å². The number of aromatic nitrogens is 4. The average molecular weight is 239 g/mol. The van der Waals surface area contributed by atoms with Crippen molar-refractivity contribution >= 4 is 5.95 Å². The van der Waals surface area contributed by atoms with Gasteiger partial charge in [0.2, 0.25) is 0 Å². The number of tetrazole rings is 1. The van der Waals surface area contributed by atoms with Gasteiger partial charge < -0.3 is 10.0 Å². The fraction of sp³-hybridized carbons (Fsp3) is 0.909. The molecule has 0 spiro atoms. The zero-order valence-electron chi connectivity index (χ0n) is 10.7. The minimum absolute atomic E-state index is 0.212. The molecule has 0 saturated carbocycles. The Labute approximate surface area is 102 Å². The lowest BCUT2D eigenvalue weighted by Gasteiger charge is -2.32. The maximum absolute atomic E-state index is 9.54. The van der Waals surface area contributed by atoms with Crippen molar-refractivity contribution in [3.05, 3.63) is 0 Å². The lowest BCUT2D eigenvalue weighted by molar-refractivity contribution is 0.109. The van der Waals surface area contributed by atoms with Gasteiger partial charge in [-0.05, 0) is 44.7 Å². The molecule has 1 aromatic heterocycles. The van der Waals surface area contributed by atoms with Crippen molar-refractivity contribution in [2.75, 3.05) is 18.0 Å². The summed E-state index contributed by atoms with van der Waals surface area (Å²) in [5.74, 6) is 1.12. The van der Waals surface area contributed by atoms with Gasteiger partial charge in [0.15, 0.2) is 0 Å². The fourth-order valence-corrected chi connectivity index (χ4v) is 2.14. The first-order valence-electron chi connectivity index (χ1n) is 6.30. The molecule has 0 amide bonds. The number of anilines is 1. The number of nitrogens with zero attached hydrogens (tertiary/aromatic N) is 5. The van der Waals surface area contributed by atoms with E-state index in [1.807, 2.05) is 20.8 Å². The molecular weight excluding hydrogens is 218 g/mol. The number of piperidine rings is 1. The maximum Gasteiger partial charge on any atom is 0.266 e. The van der Waals surface area contributed by atoms with Gasteiger partial charge in [0, 0.05) is 13.1 Å². The van der Waals surface area contributed by atoms with Crippen molar-refractivity contribution in [3.8, 4) is 0 Å². The molecule has 0 unspecified atom stereocenters. The number of rotatable bonds is 3. The van der Waals surface area contributed by atoms with E-state index >= 15 is 0 Å². The fourth-order valence-electron chi connectivity index (χ4n) is 2.14. The lowest BCUT2D eigenvalue weighted by atomic mass is 9.92. The second kappa shape index (κ2) is 5.00. The van der Waals surface area contributed by atoms with E-state index in [-0.39, 0.29) is 12.1 Å². The van der Waals surface area contributed by atoms with Gasteiger partial charge in [-0.1, -0.05) is 5.10 Å². The van der Waals surface area contributed by atoms with E-state index in [1.54, 1.807) is 4.80 Å². The van der Waals surface area contributed by atoms with Crippen LogP contribution in [0.25, 0.3) is 0 Å². The molecule has 1 aliphatic heterocycles. The molecule has 1 aromatic rings. The summed E-state index contributed by atoms with van der Waals surface area (Å²) >= 11 is 0. The molecule has 0 aromatic carbocycles. The van der Waals surface area contributed by atoms with Crippen molar-refractivity contribution in [2.45, 2.75) is 45.8 Å². The van der Waals surface area contributed by atoms with E-state index < -0.39 is 0 Å². The minimum Gasteiger partial charge on any atom is -0.393 e. The normalized spacial score (nSPS) is 19.9. The van der Waals surface area contributed by atoms with E-state index in [4.69, 9.17) is 0 Å². The average Bonchev–Trinajstić information content (AvgIpc) is 2.78. The van der Waals surface area contributed by atoms with Gasteiger partial charge in [-0.3, -0.25) is 0 Å². The highest BCUT2D eigenvalue weighted by Gasteiger charge is 2.24. The van der Waals surface area contributed by atoms with E-state index in [1.165, 1.54) is 0 Å². The van der Waals surface area contributed by atoms with Crippen LogP contribution < -0.4 is 4.90 Å². The molecule has 1 N–H and O–H groups in total. The monoisotopic (exact) mass is 239 g/mol. The summed E-state index contributed by atoms with van der Waals surface area (Å²) in [7, 11) is 0. The van der Waals surface area contributed by atoms with Gasteiger partial charge in [-0.25, -0.2) is 0 Å². The second-order valence-corrected chi connectivity index (χ2v) is 5.07. The Bertz CT molecular complexity index is 354. The molecule has 6 heteroatoms. The van der Waals surface area contributed by atoms with Crippen LogP contribution in [0.2, 0.25) is 0 Å². The van der Waals surface area contributed by atoms with Crippen LogP contribution in [-0.2, 0) is 0 Å². The highest BCUT2D eigenvalue weighted by atomic mass is 16.3. The third-order valence-corrected chi connectivity index (χ3v) is 3.38. The van der Waals surface area contributed by atoms with Crippen LogP contribution in [0.15, 0.2) is 0 Å². The Balaban J connectivity index is 1.96. The Hall–Kier alpha value is -1.17. The molecule has 96 valence electrons. The molecule has 17 heavy (non-hydrogen) atoms. The van der Waals surface area contributed by atoms with Crippen molar-refractivity contribution in [2.24, 2.45) is 5.92 Å². The Morgan fingerprint density at radius 2 is 1.88 bits per heavy atom. The summed E-state index contributed by atoms with van der Waals surface area (Å²) in [5.41, 5.74) is 0. The number of hydrogen-bond donors (Lipinski definition) is 1. The quantitative estimate of drug-likeness (QED) is 0.847. The van der Waals surface area contributed by atoms with E-state index in [9.17, 15) is 5.11 Å². The third kappa shape index (κ3) is 2.74. The highest BCUT2D eigenvalue weighted by Crippen LogP contribution is 2.22. The summed E-state index contributed by atoms with van der Waals surface area (Å²) < 4.78 is 0. The van der Waals surface area contributed by atoms with E-state index in [0.717, 1.165) is 25.9 Å². The molecule has 1 fully saturated rings.